The number of aromatic carboxylic acids is 1. The Labute approximate surface area is 169 Å². The van der Waals surface area contributed by atoms with E-state index in [2.05, 4.69) is 15.3 Å². The maximum atomic E-state index is 11.7. The first-order valence-electron chi connectivity index (χ1n) is 8.29. The molecule has 0 saturated carbocycles. The number of aliphatic hydroxyl groups is 1. The van der Waals surface area contributed by atoms with E-state index in [9.17, 15) is 15.0 Å². The van der Waals surface area contributed by atoms with E-state index in [0.29, 0.717) is 22.0 Å². The quantitative estimate of drug-likeness (QED) is 0.430. The SMILES string of the molecule is O=C(O)c1cc(CO)ccc1Nc1c(-c2nccs2)cnc2ccc(Cl)cc12. The summed E-state index contributed by atoms with van der Waals surface area (Å²) in [5.41, 5.74) is 3.11. The molecule has 0 unspecified atom stereocenters. The molecular formula is C20H14ClN3O3S. The number of carboxylic acid groups (broad SMARTS) is 1. The molecule has 0 atom stereocenters. The molecule has 0 aliphatic heterocycles. The van der Waals surface area contributed by atoms with Gasteiger partial charge in [-0.05, 0) is 35.9 Å². The van der Waals surface area contributed by atoms with Crippen LogP contribution in [-0.4, -0.2) is 26.2 Å². The number of aromatic nitrogens is 2. The number of aliphatic hydroxyl groups excluding tert-OH is 1. The van der Waals surface area contributed by atoms with Gasteiger partial charge in [-0.1, -0.05) is 17.7 Å². The molecule has 3 N–H and O–H groups in total. The van der Waals surface area contributed by atoms with E-state index in [-0.39, 0.29) is 12.2 Å². The fraction of sp³-hybridized carbons (Fsp3) is 0.0500. The third-order valence-electron chi connectivity index (χ3n) is 4.25. The molecule has 0 fully saturated rings. The Morgan fingerprint density at radius 2 is 2.04 bits per heavy atom. The summed E-state index contributed by atoms with van der Waals surface area (Å²) in [4.78, 5) is 20.6. The van der Waals surface area contributed by atoms with Gasteiger partial charge >= 0.3 is 5.97 Å². The zero-order valence-corrected chi connectivity index (χ0v) is 16.0. The Bertz CT molecular complexity index is 1180. The van der Waals surface area contributed by atoms with Gasteiger partial charge in [-0.25, -0.2) is 9.78 Å². The van der Waals surface area contributed by atoms with Crippen LogP contribution in [0.25, 0.3) is 21.5 Å². The normalized spacial score (nSPS) is 10.9. The number of carbonyl (C=O) groups is 1. The first kappa shape index (κ1) is 18.4. The maximum Gasteiger partial charge on any atom is 0.337 e. The van der Waals surface area contributed by atoms with Crippen LogP contribution < -0.4 is 5.32 Å². The van der Waals surface area contributed by atoms with E-state index in [1.807, 2.05) is 5.38 Å². The monoisotopic (exact) mass is 411 g/mol. The maximum absolute atomic E-state index is 11.7. The van der Waals surface area contributed by atoms with Crippen LogP contribution in [0.4, 0.5) is 11.4 Å². The molecule has 0 saturated heterocycles. The van der Waals surface area contributed by atoms with E-state index < -0.39 is 5.97 Å². The number of thiazole rings is 1. The van der Waals surface area contributed by atoms with Crippen molar-refractivity contribution < 1.29 is 15.0 Å². The lowest BCUT2D eigenvalue weighted by molar-refractivity contribution is 0.0698. The summed E-state index contributed by atoms with van der Waals surface area (Å²) >= 11 is 7.66. The topological polar surface area (TPSA) is 95.3 Å². The number of nitrogens with one attached hydrogen (secondary N) is 1. The molecule has 0 aliphatic rings. The van der Waals surface area contributed by atoms with Gasteiger partial charge in [-0.3, -0.25) is 4.98 Å². The van der Waals surface area contributed by atoms with Gasteiger partial charge in [0.05, 0.1) is 34.6 Å². The number of fused-ring (bicyclic) bond motifs is 1. The van der Waals surface area contributed by atoms with Crippen molar-refractivity contribution in [3.63, 3.8) is 0 Å². The van der Waals surface area contributed by atoms with Crippen molar-refractivity contribution in [3.05, 3.63) is 70.3 Å². The second kappa shape index (κ2) is 7.55. The van der Waals surface area contributed by atoms with Crippen molar-refractivity contribution in [3.8, 4) is 10.6 Å². The van der Waals surface area contributed by atoms with Crippen LogP contribution in [0.1, 0.15) is 15.9 Å². The van der Waals surface area contributed by atoms with Gasteiger partial charge in [0.15, 0.2) is 0 Å². The Hall–Kier alpha value is -3.00. The highest BCUT2D eigenvalue weighted by Gasteiger charge is 2.17. The van der Waals surface area contributed by atoms with Crippen LogP contribution in [0, 0.1) is 0 Å². The van der Waals surface area contributed by atoms with E-state index in [4.69, 9.17) is 11.6 Å². The molecule has 0 spiro atoms. The summed E-state index contributed by atoms with van der Waals surface area (Å²) in [6.07, 6.45) is 3.41. The predicted molar refractivity (Wildman–Crippen MR) is 110 cm³/mol. The number of halogens is 1. The van der Waals surface area contributed by atoms with Gasteiger partial charge in [0, 0.05) is 28.2 Å². The Morgan fingerprint density at radius 1 is 1.18 bits per heavy atom. The van der Waals surface area contributed by atoms with Crippen LogP contribution >= 0.6 is 22.9 Å². The molecule has 6 nitrogen and oxygen atoms in total. The lowest BCUT2D eigenvalue weighted by atomic mass is 10.1. The fourth-order valence-electron chi connectivity index (χ4n) is 2.93. The average molecular weight is 412 g/mol. The molecule has 28 heavy (non-hydrogen) atoms. The largest absolute Gasteiger partial charge is 0.478 e. The number of hydrogen-bond donors (Lipinski definition) is 3. The van der Waals surface area contributed by atoms with Gasteiger partial charge in [-0.15, -0.1) is 11.3 Å². The summed E-state index contributed by atoms with van der Waals surface area (Å²) in [7, 11) is 0. The molecule has 0 aliphatic carbocycles. The van der Waals surface area contributed by atoms with E-state index in [1.54, 1.807) is 42.7 Å². The smallest absolute Gasteiger partial charge is 0.337 e. The summed E-state index contributed by atoms with van der Waals surface area (Å²) in [5.74, 6) is -1.09. The van der Waals surface area contributed by atoms with Gasteiger partial charge < -0.3 is 15.5 Å². The highest BCUT2D eigenvalue weighted by atomic mass is 35.5. The number of rotatable bonds is 5. The summed E-state index contributed by atoms with van der Waals surface area (Å²) < 4.78 is 0. The molecule has 2 aromatic heterocycles. The Morgan fingerprint density at radius 3 is 2.75 bits per heavy atom. The summed E-state index contributed by atoms with van der Waals surface area (Å²) in [6.45, 7) is -0.237. The molecule has 2 heterocycles. The minimum Gasteiger partial charge on any atom is -0.478 e. The van der Waals surface area contributed by atoms with Crippen molar-refractivity contribution in [1.82, 2.24) is 9.97 Å². The van der Waals surface area contributed by atoms with Crippen LogP contribution in [0.3, 0.4) is 0 Å². The average Bonchev–Trinajstić information content (AvgIpc) is 3.23. The number of anilines is 2. The minimum absolute atomic E-state index is 0.0589. The predicted octanol–water partition coefficient (Wildman–Crippen LogP) is 4.95. The molecule has 0 radical (unpaired) electrons. The third kappa shape index (κ3) is 3.43. The van der Waals surface area contributed by atoms with Crippen molar-refractivity contribution >= 4 is 51.2 Å². The van der Waals surface area contributed by atoms with Crippen LogP contribution in [0.2, 0.25) is 5.02 Å². The van der Waals surface area contributed by atoms with Crippen LogP contribution in [0.15, 0.2) is 54.2 Å². The zero-order chi connectivity index (χ0) is 19.7. The number of carboxylic acids is 1. The summed E-state index contributed by atoms with van der Waals surface area (Å²) in [6, 6.07) is 10.1. The van der Waals surface area contributed by atoms with E-state index >= 15 is 0 Å². The number of benzene rings is 2. The lowest BCUT2D eigenvalue weighted by Crippen LogP contribution is -2.05. The third-order valence-corrected chi connectivity index (χ3v) is 5.29. The van der Waals surface area contributed by atoms with Crippen LogP contribution in [0.5, 0.6) is 0 Å². The molecule has 4 aromatic rings. The molecule has 8 heteroatoms. The molecule has 0 bridgehead atoms. The highest BCUT2D eigenvalue weighted by molar-refractivity contribution is 7.13. The first-order chi connectivity index (χ1) is 13.6. The number of hydrogen-bond acceptors (Lipinski definition) is 6. The molecule has 4 rings (SSSR count). The zero-order valence-electron chi connectivity index (χ0n) is 14.4. The van der Waals surface area contributed by atoms with E-state index in [0.717, 1.165) is 21.5 Å². The second-order valence-electron chi connectivity index (χ2n) is 6.01. The van der Waals surface area contributed by atoms with E-state index in [1.165, 1.54) is 17.4 Å². The van der Waals surface area contributed by atoms with Gasteiger partial charge in [-0.2, -0.15) is 0 Å². The second-order valence-corrected chi connectivity index (χ2v) is 7.34. The van der Waals surface area contributed by atoms with Gasteiger partial charge in [0.1, 0.15) is 5.01 Å². The van der Waals surface area contributed by atoms with Crippen molar-refractivity contribution in [1.29, 1.82) is 0 Å². The number of nitrogens with zero attached hydrogens (tertiary/aromatic N) is 2. The highest BCUT2D eigenvalue weighted by Crippen LogP contribution is 2.38. The molecule has 0 amide bonds. The summed E-state index contributed by atoms with van der Waals surface area (Å²) in [5, 5.41) is 26.1. The van der Waals surface area contributed by atoms with Crippen LogP contribution in [-0.2, 0) is 6.61 Å². The molecule has 140 valence electrons. The lowest BCUT2D eigenvalue weighted by Gasteiger charge is -2.16. The van der Waals surface area contributed by atoms with Crippen molar-refractivity contribution in [2.45, 2.75) is 6.61 Å². The first-order valence-corrected chi connectivity index (χ1v) is 9.55. The van der Waals surface area contributed by atoms with Gasteiger partial charge in [0.2, 0.25) is 0 Å². The van der Waals surface area contributed by atoms with Gasteiger partial charge in [0.25, 0.3) is 0 Å². The minimum atomic E-state index is -1.09. The number of pyridine rings is 1. The standard InChI is InChI=1S/C20H14ClN3O3S/c21-12-2-4-16-13(8-12)18(15(9-23-16)19-22-5-6-28-19)24-17-3-1-11(10-25)7-14(17)20(26)27/h1-9,25H,10H2,(H,23,24)(H,26,27). The van der Waals surface area contributed by atoms with Crippen molar-refractivity contribution in [2.75, 3.05) is 5.32 Å². The Balaban J connectivity index is 1.94. The van der Waals surface area contributed by atoms with Crippen molar-refractivity contribution in [2.24, 2.45) is 0 Å². The molecule has 2 aromatic carbocycles. The Kier molecular flexibility index (Phi) is 4.95. The fourth-order valence-corrected chi connectivity index (χ4v) is 3.75. The molecular weight excluding hydrogens is 398 g/mol.